The molecule has 1 aromatic heterocycles. The van der Waals surface area contributed by atoms with Crippen LogP contribution < -0.4 is 20.3 Å². The van der Waals surface area contributed by atoms with E-state index in [1.54, 1.807) is 11.3 Å². The van der Waals surface area contributed by atoms with Gasteiger partial charge in [0.25, 0.3) is 5.91 Å². The van der Waals surface area contributed by atoms with E-state index in [0.717, 1.165) is 50.0 Å². The number of hydrogen-bond acceptors (Lipinski definition) is 6. The minimum Gasteiger partial charge on any atom is -0.447 e. The predicted octanol–water partition coefficient (Wildman–Crippen LogP) is 3.00. The molecule has 28 heavy (non-hydrogen) atoms. The Bertz CT molecular complexity index is 832. The molecule has 0 saturated carbocycles. The summed E-state index contributed by atoms with van der Waals surface area (Å²) in [5, 5.41) is 8.79. The SMILES string of the molecule is O=C(N[C@@H]1C[C@H]2CC[C@@H]1N2)c1ccc(Oc2ccc(N3CCOCC3)s2)cc1. The molecule has 7 heteroatoms. The molecule has 0 aliphatic carbocycles. The lowest BCUT2D eigenvalue weighted by molar-refractivity contribution is 0.0931. The monoisotopic (exact) mass is 399 g/mol. The van der Waals surface area contributed by atoms with Crippen molar-refractivity contribution in [2.75, 3.05) is 31.2 Å². The maximum absolute atomic E-state index is 12.5. The molecule has 5 rings (SSSR count). The van der Waals surface area contributed by atoms with E-state index in [1.165, 1.54) is 11.4 Å². The van der Waals surface area contributed by atoms with Crippen molar-refractivity contribution < 1.29 is 14.3 Å². The highest BCUT2D eigenvalue weighted by atomic mass is 32.1. The van der Waals surface area contributed by atoms with E-state index in [0.29, 0.717) is 17.6 Å². The van der Waals surface area contributed by atoms with Gasteiger partial charge in [0, 0.05) is 36.8 Å². The summed E-state index contributed by atoms with van der Waals surface area (Å²) in [5.41, 5.74) is 0.676. The summed E-state index contributed by atoms with van der Waals surface area (Å²) >= 11 is 1.63. The number of fused-ring (bicyclic) bond motifs is 2. The average molecular weight is 400 g/mol. The van der Waals surface area contributed by atoms with Crippen molar-refractivity contribution in [2.45, 2.75) is 37.4 Å². The minimum absolute atomic E-state index is 0.00312. The molecule has 0 unspecified atom stereocenters. The summed E-state index contributed by atoms with van der Waals surface area (Å²) < 4.78 is 11.4. The molecule has 0 spiro atoms. The number of anilines is 1. The third-order valence-electron chi connectivity index (χ3n) is 5.84. The third-order valence-corrected chi connectivity index (χ3v) is 6.87. The van der Waals surface area contributed by atoms with E-state index in [9.17, 15) is 4.79 Å². The maximum atomic E-state index is 12.5. The Morgan fingerprint density at radius 3 is 2.68 bits per heavy atom. The summed E-state index contributed by atoms with van der Waals surface area (Å²) in [7, 11) is 0. The van der Waals surface area contributed by atoms with Crippen LogP contribution in [0.1, 0.15) is 29.6 Å². The average Bonchev–Trinajstić information content (AvgIpc) is 3.46. The number of carbonyl (C=O) groups excluding carboxylic acids is 1. The number of hydrogen-bond donors (Lipinski definition) is 2. The molecule has 3 aliphatic heterocycles. The smallest absolute Gasteiger partial charge is 0.251 e. The van der Waals surface area contributed by atoms with E-state index in [1.807, 2.05) is 30.3 Å². The van der Waals surface area contributed by atoms with Crippen LogP contribution in [0.25, 0.3) is 0 Å². The summed E-state index contributed by atoms with van der Waals surface area (Å²) in [4.78, 5) is 14.9. The minimum atomic E-state index is -0.00312. The molecule has 2 bridgehead atoms. The topological polar surface area (TPSA) is 62.8 Å². The Morgan fingerprint density at radius 1 is 1.14 bits per heavy atom. The van der Waals surface area contributed by atoms with Crippen molar-refractivity contribution in [1.29, 1.82) is 0 Å². The highest BCUT2D eigenvalue weighted by molar-refractivity contribution is 7.17. The second-order valence-electron chi connectivity index (χ2n) is 7.68. The molecule has 148 valence electrons. The van der Waals surface area contributed by atoms with E-state index < -0.39 is 0 Å². The van der Waals surface area contributed by atoms with Gasteiger partial charge in [0.05, 0.1) is 18.2 Å². The Hall–Kier alpha value is -2.09. The molecule has 0 radical (unpaired) electrons. The molecule has 4 heterocycles. The Labute approximate surface area is 168 Å². The number of ether oxygens (including phenoxy) is 2. The summed E-state index contributed by atoms with van der Waals surface area (Å²) in [5.74, 6) is 0.741. The van der Waals surface area contributed by atoms with Gasteiger partial charge in [-0.3, -0.25) is 4.79 Å². The van der Waals surface area contributed by atoms with Crippen LogP contribution in [0, 0.1) is 0 Å². The van der Waals surface area contributed by atoms with E-state index in [4.69, 9.17) is 9.47 Å². The van der Waals surface area contributed by atoms with Crippen LogP contribution in [0.2, 0.25) is 0 Å². The van der Waals surface area contributed by atoms with Crippen LogP contribution in [0.5, 0.6) is 10.8 Å². The van der Waals surface area contributed by atoms with Crippen LogP contribution in [0.15, 0.2) is 36.4 Å². The van der Waals surface area contributed by atoms with Gasteiger partial charge in [-0.2, -0.15) is 0 Å². The molecular weight excluding hydrogens is 374 g/mol. The van der Waals surface area contributed by atoms with Crippen LogP contribution in [-0.2, 0) is 4.74 Å². The first-order valence-electron chi connectivity index (χ1n) is 10.0. The summed E-state index contributed by atoms with van der Waals surface area (Å²) in [6.07, 6.45) is 3.44. The Balaban J connectivity index is 1.18. The van der Waals surface area contributed by atoms with Gasteiger partial charge in [-0.05, 0) is 55.7 Å². The highest BCUT2D eigenvalue weighted by Crippen LogP contribution is 2.35. The molecule has 2 aromatic rings. The second kappa shape index (κ2) is 7.73. The van der Waals surface area contributed by atoms with Gasteiger partial charge in [-0.15, -0.1) is 0 Å². The van der Waals surface area contributed by atoms with Gasteiger partial charge >= 0.3 is 0 Å². The maximum Gasteiger partial charge on any atom is 0.251 e. The fourth-order valence-electron chi connectivity index (χ4n) is 4.34. The molecule has 1 aromatic carbocycles. The molecular formula is C21H25N3O3S. The van der Waals surface area contributed by atoms with Gasteiger partial charge in [0.15, 0.2) is 5.06 Å². The largest absolute Gasteiger partial charge is 0.447 e. The van der Waals surface area contributed by atoms with Gasteiger partial charge in [0.2, 0.25) is 0 Å². The number of carbonyl (C=O) groups is 1. The number of morpholine rings is 1. The molecule has 3 atom stereocenters. The number of nitrogens with one attached hydrogen (secondary N) is 2. The number of rotatable bonds is 5. The van der Waals surface area contributed by atoms with E-state index >= 15 is 0 Å². The quantitative estimate of drug-likeness (QED) is 0.809. The lowest BCUT2D eigenvalue weighted by atomic mass is 9.95. The van der Waals surface area contributed by atoms with Crippen molar-refractivity contribution in [3.63, 3.8) is 0 Å². The first kappa shape index (κ1) is 18.0. The zero-order valence-electron chi connectivity index (χ0n) is 15.7. The van der Waals surface area contributed by atoms with Crippen LogP contribution >= 0.6 is 11.3 Å². The van der Waals surface area contributed by atoms with Crippen molar-refractivity contribution in [1.82, 2.24) is 10.6 Å². The number of benzene rings is 1. The molecule has 2 N–H and O–H groups in total. The summed E-state index contributed by atoms with van der Waals surface area (Å²) in [6, 6.07) is 12.8. The molecule has 3 aliphatic rings. The fourth-order valence-corrected chi connectivity index (χ4v) is 5.27. The van der Waals surface area contributed by atoms with E-state index in [2.05, 4.69) is 21.6 Å². The van der Waals surface area contributed by atoms with Crippen molar-refractivity contribution in [2.24, 2.45) is 0 Å². The second-order valence-corrected chi connectivity index (χ2v) is 8.71. The van der Waals surface area contributed by atoms with Gasteiger partial charge in [-0.25, -0.2) is 0 Å². The van der Waals surface area contributed by atoms with Crippen LogP contribution in [0.3, 0.4) is 0 Å². The predicted molar refractivity (Wildman–Crippen MR) is 110 cm³/mol. The van der Waals surface area contributed by atoms with Gasteiger partial charge in [0.1, 0.15) is 5.75 Å². The first-order valence-corrected chi connectivity index (χ1v) is 10.8. The van der Waals surface area contributed by atoms with Crippen LogP contribution in [-0.4, -0.2) is 50.3 Å². The molecule has 3 saturated heterocycles. The Morgan fingerprint density at radius 2 is 1.96 bits per heavy atom. The standard InChI is InChI=1S/C21H25N3O3S/c25-21(23-18-13-15-3-6-17(18)22-15)14-1-4-16(5-2-14)27-20-8-7-19(28-20)24-9-11-26-12-10-24/h1-2,4-5,7-8,15,17-18,22H,3,6,9-13H2,(H,23,25)/t15-,17+,18-/m1/s1. The zero-order chi connectivity index (χ0) is 18.9. The highest BCUT2D eigenvalue weighted by Gasteiger charge is 2.39. The first-order chi connectivity index (χ1) is 13.7. The molecule has 6 nitrogen and oxygen atoms in total. The normalized spacial score (nSPS) is 26.4. The van der Waals surface area contributed by atoms with E-state index in [-0.39, 0.29) is 11.9 Å². The van der Waals surface area contributed by atoms with Crippen molar-refractivity contribution in [3.8, 4) is 10.8 Å². The third kappa shape index (κ3) is 3.74. The number of amides is 1. The van der Waals surface area contributed by atoms with Crippen molar-refractivity contribution >= 4 is 22.2 Å². The molecule has 1 amide bonds. The zero-order valence-corrected chi connectivity index (χ0v) is 16.5. The number of nitrogens with zero attached hydrogens (tertiary/aromatic N) is 1. The van der Waals surface area contributed by atoms with Crippen molar-refractivity contribution in [3.05, 3.63) is 42.0 Å². The van der Waals surface area contributed by atoms with Gasteiger partial charge < -0.3 is 25.0 Å². The summed E-state index contributed by atoms with van der Waals surface area (Å²) in [6.45, 7) is 3.38. The van der Waals surface area contributed by atoms with Crippen LogP contribution in [0.4, 0.5) is 5.00 Å². The number of thiophene rings is 1. The lowest BCUT2D eigenvalue weighted by Crippen LogP contribution is -2.42. The van der Waals surface area contributed by atoms with Gasteiger partial charge in [-0.1, -0.05) is 11.3 Å². The fraction of sp³-hybridized carbons (Fsp3) is 0.476. The molecule has 3 fully saturated rings. The lowest BCUT2D eigenvalue weighted by Gasteiger charge is -2.27. The Kier molecular flexibility index (Phi) is 4.96.